The molecule has 0 aliphatic carbocycles. The molecule has 0 atom stereocenters. The molecule has 0 bridgehead atoms. The van der Waals surface area contributed by atoms with E-state index in [2.05, 4.69) is 49.4 Å². The smallest absolute Gasteiger partial charge is 0.135 e. The fourth-order valence-electron chi connectivity index (χ4n) is 3.82. The molecule has 2 N–H and O–H groups in total. The normalized spacial score (nSPS) is 11.3. The number of rotatable bonds is 3. The number of nitrogens with zero attached hydrogens (tertiary/aromatic N) is 4. The van der Waals surface area contributed by atoms with E-state index in [1.807, 2.05) is 48.8 Å². The highest BCUT2D eigenvalue weighted by Crippen LogP contribution is 2.33. The van der Waals surface area contributed by atoms with E-state index in [4.69, 9.17) is 4.98 Å². The Hall–Kier alpha value is -4.32. The fraction of sp³-hybridized carbons (Fsp3) is 0. The van der Waals surface area contributed by atoms with Crippen molar-refractivity contribution < 1.29 is 0 Å². The second-order valence-electron chi connectivity index (χ2n) is 7.10. The van der Waals surface area contributed by atoms with E-state index in [0.717, 1.165) is 55.7 Å². The number of H-pyrrole nitrogens is 2. The first-order valence-corrected chi connectivity index (χ1v) is 9.65. The maximum absolute atomic E-state index is 4.87. The molecular formula is C24H16N6. The minimum Gasteiger partial charge on any atom is -0.353 e. The van der Waals surface area contributed by atoms with Crippen LogP contribution in [0.4, 0.5) is 0 Å². The van der Waals surface area contributed by atoms with Crippen LogP contribution in [0.1, 0.15) is 0 Å². The van der Waals surface area contributed by atoms with Gasteiger partial charge in [0.2, 0.25) is 0 Å². The Morgan fingerprint density at radius 2 is 1.57 bits per heavy atom. The first kappa shape index (κ1) is 16.6. The van der Waals surface area contributed by atoms with Gasteiger partial charge in [0.25, 0.3) is 0 Å². The largest absolute Gasteiger partial charge is 0.353 e. The molecule has 0 unspecified atom stereocenters. The van der Waals surface area contributed by atoms with Crippen LogP contribution in [0.2, 0.25) is 0 Å². The van der Waals surface area contributed by atoms with E-state index in [1.54, 1.807) is 12.4 Å². The summed E-state index contributed by atoms with van der Waals surface area (Å²) in [6, 6.07) is 20.3. The third kappa shape index (κ3) is 2.66. The van der Waals surface area contributed by atoms with E-state index in [1.165, 1.54) is 0 Å². The van der Waals surface area contributed by atoms with Crippen LogP contribution in [0.3, 0.4) is 0 Å². The number of hydrogen-bond donors (Lipinski definition) is 2. The van der Waals surface area contributed by atoms with Gasteiger partial charge in [-0.3, -0.25) is 15.1 Å². The average molecular weight is 388 g/mol. The molecule has 6 heteroatoms. The molecule has 30 heavy (non-hydrogen) atoms. The zero-order valence-electron chi connectivity index (χ0n) is 15.9. The Labute approximate surface area is 171 Å². The van der Waals surface area contributed by atoms with Crippen LogP contribution in [0.15, 0.2) is 85.5 Å². The van der Waals surface area contributed by atoms with Gasteiger partial charge in [-0.2, -0.15) is 5.10 Å². The Kier molecular flexibility index (Phi) is 3.67. The first-order chi connectivity index (χ1) is 14.9. The zero-order chi connectivity index (χ0) is 19.9. The standard InChI is InChI=1S/C24H16N6/c1-6-17(15-4-2-10-25-13-15)18-12-22(27-20(18)7-1)24-23-21(29-30-24)9-8-19(28-23)16-5-3-11-26-14-16/h1-14,27H,(H,29,30). The lowest BCUT2D eigenvalue weighted by atomic mass is 10.0. The minimum atomic E-state index is 0.795. The molecule has 1 aromatic carbocycles. The predicted molar refractivity (Wildman–Crippen MR) is 118 cm³/mol. The fourth-order valence-corrected chi connectivity index (χ4v) is 3.82. The third-order valence-corrected chi connectivity index (χ3v) is 5.26. The molecule has 6 rings (SSSR count). The number of pyridine rings is 3. The van der Waals surface area contributed by atoms with Crippen molar-refractivity contribution in [1.82, 2.24) is 30.1 Å². The topological polar surface area (TPSA) is 83.1 Å². The van der Waals surface area contributed by atoms with E-state index in [-0.39, 0.29) is 0 Å². The van der Waals surface area contributed by atoms with Crippen LogP contribution in [0.5, 0.6) is 0 Å². The molecule has 5 aromatic heterocycles. The van der Waals surface area contributed by atoms with Gasteiger partial charge in [-0.05, 0) is 48.0 Å². The molecule has 0 aliphatic rings. The number of hydrogen-bond acceptors (Lipinski definition) is 4. The molecule has 0 saturated carbocycles. The maximum atomic E-state index is 4.87. The maximum Gasteiger partial charge on any atom is 0.135 e. The van der Waals surface area contributed by atoms with Crippen molar-refractivity contribution in [3.05, 3.63) is 85.5 Å². The van der Waals surface area contributed by atoms with Gasteiger partial charge in [0.15, 0.2) is 0 Å². The molecule has 0 saturated heterocycles. The van der Waals surface area contributed by atoms with Gasteiger partial charge in [-0.15, -0.1) is 0 Å². The highest BCUT2D eigenvalue weighted by Gasteiger charge is 2.15. The summed E-state index contributed by atoms with van der Waals surface area (Å²) >= 11 is 0. The van der Waals surface area contributed by atoms with Crippen LogP contribution in [0.25, 0.3) is 55.7 Å². The van der Waals surface area contributed by atoms with Gasteiger partial charge >= 0.3 is 0 Å². The molecule has 0 radical (unpaired) electrons. The van der Waals surface area contributed by atoms with E-state index >= 15 is 0 Å². The van der Waals surface area contributed by atoms with Crippen molar-refractivity contribution in [2.24, 2.45) is 0 Å². The zero-order valence-corrected chi connectivity index (χ0v) is 15.9. The summed E-state index contributed by atoms with van der Waals surface area (Å²) in [5.41, 5.74) is 8.53. The Balaban J connectivity index is 1.52. The van der Waals surface area contributed by atoms with Gasteiger partial charge in [-0.25, -0.2) is 4.98 Å². The lowest BCUT2D eigenvalue weighted by Gasteiger charge is -2.02. The lowest BCUT2D eigenvalue weighted by Crippen LogP contribution is -1.86. The number of benzene rings is 1. The van der Waals surface area contributed by atoms with Gasteiger partial charge < -0.3 is 4.98 Å². The van der Waals surface area contributed by atoms with Crippen molar-refractivity contribution in [2.75, 3.05) is 0 Å². The van der Waals surface area contributed by atoms with Crippen LogP contribution >= 0.6 is 0 Å². The van der Waals surface area contributed by atoms with E-state index < -0.39 is 0 Å². The van der Waals surface area contributed by atoms with Gasteiger partial charge in [-0.1, -0.05) is 18.2 Å². The summed E-state index contributed by atoms with van der Waals surface area (Å²) < 4.78 is 0. The highest BCUT2D eigenvalue weighted by atomic mass is 15.1. The van der Waals surface area contributed by atoms with E-state index in [0.29, 0.717) is 0 Å². The van der Waals surface area contributed by atoms with Crippen molar-refractivity contribution >= 4 is 21.9 Å². The molecular weight excluding hydrogens is 372 g/mol. The van der Waals surface area contributed by atoms with Crippen molar-refractivity contribution in [3.63, 3.8) is 0 Å². The summed E-state index contributed by atoms with van der Waals surface area (Å²) in [7, 11) is 0. The molecule has 0 aliphatic heterocycles. The van der Waals surface area contributed by atoms with Gasteiger partial charge in [0.05, 0.1) is 16.9 Å². The first-order valence-electron chi connectivity index (χ1n) is 9.65. The molecule has 0 amide bonds. The Morgan fingerprint density at radius 3 is 2.37 bits per heavy atom. The van der Waals surface area contributed by atoms with Crippen LogP contribution < -0.4 is 0 Å². The number of nitrogens with one attached hydrogen (secondary N) is 2. The quantitative estimate of drug-likeness (QED) is 0.435. The number of fused-ring (bicyclic) bond motifs is 2. The number of aromatic amines is 2. The third-order valence-electron chi connectivity index (χ3n) is 5.26. The summed E-state index contributed by atoms with van der Waals surface area (Å²) in [6.45, 7) is 0. The molecule has 6 aromatic rings. The highest BCUT2D eigenvalue weighted by molar-refractivity contribution is 6.00. The van der Waals surface area contributed by atoms with Crippen LogP contribution in [-0.4, -0.2) is 30.1 Å². The van der Waals surface area contributed by atoms with Crippen molar-refractivity contribution in [1.29, 1.82) is 0 Å². The summed E-state index contributed by atoms with van der Waals surface area (Å²) in [6.07, 6.45) is 7.24. The second kappa shape index (κ2) is 6.63. The molecule has 0 fully saturated rings. The average Bonchev–Trinajstić information content (AvgIpc) is 3.43. The van der Waals surface area contributed by atoms with Crippen LogP contribution in [0, 0.1) is 0 Å². The molecule has 5 heterocycles. The summed E-state index contributed by atoms with van der Waals surface area (Å²) in [5.74, 6) is 0. The monoisotopic (exact) mass is 388 g/mol. The minimum absolute atomic E-state index is 0.795. The Bertz CT molecular complexity index is 1480. The lowest BCUT2D eigenvalue weighted by molar-refractivity contribution is 1.12. The molecule has 6 nitrogen and oxygen atoms in total. The number of aromatic nitrogens is 6. The van der Waals surface area contributed by atoms with Crippen LogP contribution in [-0.2, 0) is 0 Å². The SMILES string of the molecule is c1cncc(-c2ccc3[nH]nc(-c4cc5c(-c6cccnc6)cccc5[nH]4)c3n2)c1. The van der Waals surface area contributed by atoms with Gasteiger partial charge in [0.1, 0.15) is 11.2 Å². The van der Waals surface area contributed by atoms with Crippen molar-refractivity contribution in [3.8, 4) is 33.8 Å². The second-order valence-corrected chi connectivity index (χ2v) is 7.10. The Morgan fingerprint density at radius 1 is 0.733 bits per heavy atom. The van der Waals surface area contributed by atoms with E-state index in [9.17, 15) is 0 Å². The summed E-state index contributed by atoms with van der Waals surface area (Å²) in [5, 5.41) is 8.77. The van der Waals surface area contributed by atoms with Gasteiger partial charge in [0, 0.05) is 46.8 Å². The molecule has 0 spiro atoms. The molecule has 142 valence electrons. The van der Waals surface area contributed by atoms with Crippen molar-refractivity contribution in [2.45, 2.75) is 0 Å². The summed E-state index contributed by atoms with van der Waals surface area (Å²) in [4.78, 5) is 16.8. The predicted octanol–water partition coefficient (Wildman–Crippen LogP) is 5.23.